The fourth-order valence-electron chi connectivity index (χ4n) is 2.74. The summed E-state index contributed by atoms with van der Waals surface area (Å²) in [5, 5.41) is 0. The van der Waals surface area contributed by atoms with Gasteiger partial charge in [0.05, 0.1) is 0 Å². The number of halogens is 13. The molecule has 0 aliphatic heterocycles. The van der Waals surface area contributed by atoms with E-state index in [4.69, 9.17) is 4.55 Å². The van der Waals surface area contributed by atoms with Crippen LogP contribution in [0.5, 0.6) is 0 Å². The lowest BCUT2D eigenvalue weighted by Gasteiger charge is -2.39. The van der Waals surface area contributed by atoms with E-state index in [-0.39, 0.29) is 37.1 Å². The van der Waals surface area contributed by atoms with E-state index < -0.39 is 69.2 Å². The van der Waals surface area contributed by atoms with E-state index in [1.165, 1.54) is 0 Å². The Balaban J connectivity index is 3.46. The van der Waals surface area contributed by atoms with Gasteiger partial charge in [-0.3, -0.25) is 9.35 Å². The van der Waals surface area contributed by atoms with Gasteiger partial charge < -0.3 is 0 Å². The minimum Gasteiger partial charge on any atom is -0.291 e. The topological polar surface area (TPSA) is 80.7 Å². The van der Waals surface area contributed by atoms with Gasteiger partial charge in [0, 0.05) is 11.1 Å². The molecule has 1 rings (SSSR count). The predicted molar refractivity (Wildman–Crippen MR) is 96.5 cm³/mol. The van der Waals surface area contributed by atoms with E-state index >= 15 is 0 Å². The van der Waals surface area contributed by atoms with Crippen molar-refractivity contribution in [1.29, 1.82) is 0 Å². The average molecular weight is 590 g/mol. The smallest absolute Gasteiger partial charge is 0.291 e. The number of hydrogen-bond donors (Lipinski definition) is 1. The first kappa shape index (κ1) is 32.9. The molecule has 1 atom stereocenters. The van der Waals surface area contributed by atoms with Crippen molar-refractivity contribution < 1.29 is 79.0 Å². The summed E-state index contributed by atoms with van der Waals surface area (Å²) in [4.78, 5) is 12.3. The number of benzene rings is 1. The van der Waals surface area contributed by atoms with Gasteiger partial charge >= 0.3 is 46.2 Å². The third-order valence-electron chi connectivity index (χ3n) is 4.82. The molecule has 0 aliphatic carbocycles. The molecule has 0 aliphatic rings. The lowest BCUT2D eigenvalue weighted by molar-refractivity contribution is -0.441. The molecular formula is C18H15F13O5S. The molecule has 0 heterocycles. The zero-order chi connectivity index (χ0) is 29.5. The molecule has 0 bridgehead atoms. The van der Waals surface area contributed by atoms with E-state index in [2.05, 4.69) is 4.18 Å². The van der Waals surface area contributed by atoms with Crippen LogP contribution in [0.1, 0.15) is 42.1 Å². The Bertz CT molecular complexity index is 1070. The zero-order valence-corrected chi connectivity index (χ0v) is 18.7. The molecule has 0 saturated carbocycles. The Morgan fingerprint density at radius 2 is 1.24 bits per heavy atom. The average Bonchev–Trinajstić information content (AvgIpc) is 2.74. The van der Waals surface area contributed by atoms with E-state index in [0.717, 1.165) is 0 Å². The van der Waals surface area contributed by atoms with Crippen LogP contribution in [-0.4, -0.2) is 54.7 Å². The van der Waals surface area contributed by atoms with Crippen molar-refractivity contribution in [1.82, 2.24) is 0 Å². The monoisotopic (exact) mass is 590 g/mol. The number of unbranched alkanes of at least 4 members (excludes halogenated alkanes) is 1. The summed E-state index contributed by atoms with van der Waals surface area (Å²) >= 11 is 0. The van der Waals surface area contributed by atoms with Crippen molar-refractivity contribution in [2.45, 2.75) is 68.1 Å². The van der Waals surface area contributed by atoms with Crippen LogP contribution in [0.15, 0.2) is 24.3 Å². The van der Waals surface area contributed by atoms with Crippen molar-refractivity contribution in [3.05, 3.63) is 35.4 Å². The highest BCUT2D eigenvalue weighted by Crippen LogP contribution is 2.62. The number of Topliss-reactive ketones (excluding diaryl/α,β-unsaturated/α-hetero) is 1. The Hall–Kier alpha value is -2.15. The molecule has 0 amide bonds. The second-order valence-corrected chi connectivity index (χ2v) is 8.51. The molecule has 1 unspecified atom stereocenters. The summed E-state index contributed by atoms with van der Waals surface area (Å²) < 4.78 is 207. The van der Waals surface area contributed by atoms with E-state index in [1.54, 1.807) is 6.92 Å². The van der Waals surface area contributed by atoms with Gasteiger partial charge in [0.25, 0.3) is 0 Å². The Kier molecular flexibility index (Phi) is 9.06. The van der Waals surface area contributed by atoms with Crippen LogP contribution in [0.4, 0.5) is 57.1 Å². The van der Waals surface area contributed by atoms with Gasteiger partial charge in [-0.1, -0.05) is 44.0 Å². The Morgan fingerprint density at radius 3 is 1.62 bits per heavy atom. The first-order chi connectivity index (χ1) is 16.3. The van der Waals surface area contributed by atoms with Crippen molar-refractivity contribution in [3.63, 3.8) is 0 Å². The van der Waals surface area contributed by atoms with Crippen LogP contribution in [-0.2, 0) is 20.5 Å². The molecule has 1 aromatic rings. The number of rotatable bonds is 12. The van der Waals surface area contributed by atoms with Gasteiger partial charge in [0.1, 0.15) is 6.10 Å². The molecule has 214 valence electrons. The van der Waals surface area contributed by atoms with Crippen molar-refractivity contribution >= 4 is 16.2 Å². The lowest BCUT2D eigenvalue weighted by atomic mass is 9.90. The molecule has 0 radical (unpaired) electrons. The summed E-state index contributed by atoms with van der Waals surface area (Å²) in [5.41, 5.74) is -3.13. The fraction of sp³-hybridized carbons (Fsp3) is 0.611. The van der Waals surface area contributed by atoms with E-state index in [0.29, 0.717) is 6.42 Å². The molecule has 0 aromatic heterocycles. The van der Waals surface area contributed by atoms with Crippen molar-refractivity contribution in [2.75, 3.05) is 0 Å². The first-order valence-electron chi connectivity index (χ1n) is 9.55. The maximum absolute atomic E-state index is 14.2. The predicted octanol–water partition coefficient (Wildman–Crippen LogP) is 6.44. The minimum atomic E-state index is -8.05. The summed E-state index contributed by atoms with van der Waals surface area (Å²) in [5.74, 6) is -39.3. The maximum atomic E-state index is 14.2. The largest absolute Gasteiger partial charge is 0.460 e. The number of carbonyl (C=O) groups is 1. The summed E-state index contributed by atoms with van der Waals surface area (Å²) in [7, 11) is -5.25. The van der Waals surface area contributed by atoms with Gasteiger partial charge in [-0.25, -0.2) is 4.18 Å². The summed E-state index contributed by atoms with van der Waals surface area (Å²) in [6, 6.07) is -0.147. The van der Waals surface area contributed by atoms with Crippen LogP contribution in [0.2, 0.25) is 0 Å². The number of hydrogen-bond acceptors (Lipinski definition) is 4. The highest BCUT2D eigenvalue weighted by atomic mass is 32.3. The second kappa shape index (κ2) is 10.2. The third-order valence-corrected chi connectivity index (χ3v) is 5.29. The van der Waals surface area contributed by atoms with Gasteiger partial charge in [-0.2, -0.15) is 65.5 Å². The summed E-state index contributed by atoms with van der Waals surface area (Å²) in [6.07, 6.45) is -9.47. The molecule has 19 heteroatoms. The standard InChI is InChI=1S/C18H15F13O5S/c1-2-3-4-11(36-37(33,34)35)12(32)9-5-7-10(8-6-9)13(19,20)14(21,22)15(23,24)16(25,26)17(27,28)18(29,30)31/h5-8,11H,2-4H2,1H3,(H,33,34,35). The van der Waals surface area contributed by atoms with Crippen molar-refractivity contribution in [2.24, 2.45) is 0 Å². The molecule has 0 fully saturated rings. The van der Waals surface area contributed by atoms with E-state index in [1.807, 2.05) is 0 Å². The molecule has 5 nitrogen and oxygen atoms in total. The fourth-order valence-corrected chi connectivity index (χ4v) is 3.22. The van der Waals surface area contributed by atoms with Crippen LogP contribution < -0.4 is 0 Å². The quantitative estimate of drug-likeness (QED) is 0.172. The van der Waals surface area contributed by atoms with Gasteiger partial charge in [0.2, 0.25) is 0 Å². The Labute approximate surface area is 199 Å². The first-order valence-corrected chi connectivity index (χ1v) is 10.9. The van der Waals surface area contributed by atoms with Gasteiger partial charge in [-0.15, -0.1) is 0 Å². The molecule has 0 spiro atoms. The zero-order valence-electron chi connectivity index (χ0n) is 17.9. The molecule has 37 heavy (non-hydrogen) atoms. The molecular weight excluding hydrogens is 575 g/mol. The Morgan fingerprint density at radius 1 is 0.811 bits per heavy atom. The summed E-state index contributed by atoms with van der Waals surface area (Å²) in [6.45, 7) is 1.57. The highest BCUT2D eigenvalue weighted by molar-refractivity contribution is 7.80. The third kappa shape index (κ3) is 5.97. The lowest BCUT2D eigenvalue weighted by Crippen LogP contribution is -2.69. The SMILES string of the molecule is CCCCC(OS(=O)(=O)O)C(=O)c1ccc(C(F)(F)C(F)(F)C(F)(F)C(F)(F)C(F)(F)C(F)(F)F)cc1. The number of carbonyl (C=O) groups excluding carboxylic acids is 1. The van der Waals surface area contributed by atoms with E-state index in [9.17, 15) is 70.3 Å². The van der Waals surface area contributed by atoms with Crippen LogP contribution >= 0.6 is 0 Å². The van der Waals surface area contributed by atoms with Crippen LogP contribution in [0.25, 0.3) is 0 Å². The van der Waals surface area contributed by atoms with Crippen molar-refractivity contribution in [3.8, 4) is 0 Å². The molecule has 1 aromatic carbocycles. The number of alkyl halides is 13. The van der Waals surface area contributed by atoms with Gasteiger partial charge in [-0.05, 0) is 6.42 Å². The van der Waals surface area contributed by atoms with Gasteiger partial charge in [0.15, 0.2) is 5.78 Å². The van der Waals surface area contributed by atoms with Crippen LogP contribution in [0, 0.1) is 0 Å². The second-order valence-electron chi connectivity index (χ2n) is 7.47. The maximum Gasteiger partial charge on any atom is 0.460 e. The van der Waals surface area contributed by atoms with Crippen LogP contribution in [0.3, 0.4) is 0 Å². The highest BCUT2D eigenvalue weighted by Gasteiger charge is 2.90. The normalized spacial score (nSPS) is 15.5. The number of ketones is 1. The molecule has 0 saturated heterocycles. The molecule has 1 N–H and O–H groups in total. The minimum absolute atomic E-state index is 0.0974.